The first-order chi connectivity index (χ1) is 16.9. The summed E-state index contributed by atoms with van der Waals surface area (Å²) in [6, 6.07) is 25.0. The molecule has 0 aromatic heterocycles. The zero-order chi connectivity index (χ0) is 24.8. The molecule has 1 atom stereocenters. The molecule has 0 radical (unpaired) electrons. The van der Waals surface area contributed by atoms with Gasteiger partial charge in [-0.2, -0.15) is 4.31 Å². The van der Waals surface area contributed by atoms with E-state index in [-0.39, 0.29) is 17.2 Å². The van der Waals surface area contributed by atoms with Crippen molar-refractivity contribution in [2.24, 2.45) is 0 Å². The number of rotatable bonds is 8. The van der Waals surface area contributed by atoms with E-state index in [9.17, 15) is 13.2 Å². The Kier molecular flexibility index (Phi) is 7.73. The molecule has 1 fully saturated rings. The molecule has 0 saturated carbocycles. The number of anilines is 1. The molecule has 4 rings (SSSR count). The van der Waals surface area contributed by atoms with Crippen LogP contribution in [-0.4, -0.2) is 63.9 Å². The van der Waals surface area contributed by atoms with Crippen LogP contribution in [0.25, 0.3) is 0 Å². The van der Waals surface area contributed by atoms with Gasteiger partial charge in [0.2, 0.25) is 15.9 Å². The van der Waals surface area contributed by atoms with Crippen molar-refractivity contribution in [3.8, 4) is 5.75 Å². The quantitative estimate of drug-likeness (QED) is 0.478. The molecule has 0 spiro atoms. The molecule has 8 heteroatoms. The van der Waals surface area contributed by atoms with Crippen LogP contribution in [0.4, 0.5) is 5.69 Å². The Hall–Kier alpha value is -3.36. The highest BCUT2D eigenvalue weighted by Gasteiger charge is 2.32. The molecule has 1 saturated heterocycles. The second-order valence-corrected chi connectivity index (χ2v) is 10.5. The predicted molar refractivity (Wildman–Crippen MR) is 137 cm³/mol. The van der Waals surface area contributed by atoms with Gasteiger partial charge in [0, 0.05) is 45.3 Å². The number of hydrogen-bond donors (Lipinski definition) is 0. The Balaban J connectivity index is 1.53. The van der Waals surface area contributed by atoms with Crippen molar-refractivity contribution >= 4 is 21.6 Å². The molecule has 1 aliphatic rings. The molecule has 1 amide bonds. The summed E-state index contributed by atoms with van der Waals surface area (Å²) in [5, 5.41) is 0. The first kappa shape index (κ1) is 24.8. The molecule has 3 aromatic rings. The standard InChI is InChI=1S/C27H31N3O4S/c1-28(35(32,33)25-11-7-4-8-12-25)26(22-13-15-24(34-2)16-14-22)21-27(31)30-19-17-29(18-20-30)23-9-5-3-6-10-23/h3-16,26H,17-21H2,1-2H3/t26-/m0/s1. The minimum Gasteiger partial charge on any atom is -0.497 e. The fourth-order valence-corrected chi connectivity index (χ4v) is 5.72. The van der Waals surface area contributed by atoms with E-state index >= 15 is 0 Å². The van der Waals surface area contributed by atoms with Crippen LogP contribution < -0.4 is 9.64 Å². The molecular weight excluding hydrogens is 462 g/mol. The fourth-order valence-electron chi connectivity index (χ4n) is 4.36. The van der Waals surface area contributed by atoms with E-state index in [4.69, 9.17) is 4.74 Å². The SMILES string of the molecule is COc1ccc([C@H](CC(=O)N2CCN(c3ccccc3)CC2)N(C)S(=O)(=O)c2ccccc2)cc1. The van der Waals surface area contributed by atoms with Gasteiger partial charge in [0.1, 0.15) is 5.75 Å². The summed E-state index contributed by atoms with van der Waals surface area (Å²) in [5.74, 6) is 0.609. The summed E-state index contributed by atoms with van der Waals surface area (Å²) in [6.07, 6.45) is 0.0558. The number of para-hydroxylation sites is 1. The smallest absolute Gasteiger partial charge is 0.243 e. The third-order valence-corrected chi connectivity index (χ3v) is 8.36. The lowest BCUT2D eigenvalue weighted by Crippen LogP contribution is -2.49. The number of benzene rings is 3. The Morgan fingerprint density at radius 3 is 2.03 bits per heavy atom. The van der Waals surface area contributed by atoms with Crippen molar-refractivity contribution in [3.63, 3.8) is 0 Å². The lowest BCUT2D eigenvalue weighted by molar-refractivity contribution is -0.132. The summed E-state index contributed by atoms with van der Waals surface area (Å²) >= 11 is 0. The number of hydrogen-bond acceptors (Lipinski definition) is 5. The highest BCUT2D eigenvalue weighted by atomic mass is 32.2. The fraction of sp³-hybridized carbons (Fsp3) is 0.296. The van der Waals surface area contributed by atoms with E-state index in [1.165, 1.54) is 11.4 Å². The van der Waals surface area contributed by atoms with Crippen LogP contribution in [0.2, 0.25) is 0 Å². The second kappa shape index (κ2) is 10.9. The van der Waals surface area contributed by atoms with Gasteiger partial charge < -0.3 is 14.5 Å². The van der Waals surface area contributed by atoms with Crippen LogP contribution >= 0.6 is 0 Å². The van der Waals surface area contributed by atoms with Gasteiger partial charge in [0.05, 0.1) is 18.0 Å². The molecule has 1 heterocycles. The van der Waals surface area contributed by atoms with Crippen molar-refractivity contribution < 1.29 is 17.9 Å². The largest absolute Gasteiger partial charge is 0.497 e. The maximum atomic E-state index is 13.4. The number of amides is 1. The monoisotopic (exact) mass is 493 g/mol. The van der Waals surface area contributed by atoms with Crippen LogP contribution in [-0.2, 0) is 14.8 Å². The molecule has 0 aliphatic carbocycles. The van der Waals surface area contributed by atoms with Crippen LogP contribution in [0, 0.1) is 0 Å². The number of carbonyl (C=O) groups is 1. The van der Waals surface area contributed by atoms with Crippen LogP contribution in [0.1, 0.15) is 18.0 Å². The van der Waals surface area contributed by atoms with Crippen molar-refractivity contribution in [3.05, 3.63) is 90.5 Å². The van der Waals surface area contributed by atoms with Crippen molar-refractivity contribution in [1.29, 1.82) is 0 Å². The first-order valence-electron chi connectivity index (χ1n) is 11.6. The van der Waals surface area contributed by atoms with E-state index in [1.54, 1.807) is 49.6 Å². The zero-order valence-electron chi connectivity index (χ0n) is 20.1. The van der Waals surface area contributed by atoms with Crippen molar-refractivity contribution in [2.75, 3.05) is 45.2 Å². The molecule has 35 heavy (non-hydrogen) atoms. The second-order valence-electron chi connectivity index (χ2n) is 8.53. The Labute approximate surface area is 207 Å². The Bertz CT molecular complexity index is 1210. The zero-order valence-corrected chi connectivity index (χ0v) is 20.9. The van der Waals surface area contributed by atoms with Gasteiger partial charge in [0.15, 0.2) is 0 Å². The molecule has 3 aromatic carbocycles. The molecule has 1 aliphatic heterocycles. The summed E-state index contributed by atoms with van der Waals surface area (Å²) < 4.78 is 33.4. The minimum absolute atomic E-state index is 0.0558. The highest BCUT2D eigenvalue weighted by Crippen LogP contribution is 2.31. The third-order valence-electron chi connectivity index (χ3n) is 6.48. The summed E-state index contributed by atoms with van der Waals surface area (Å²) in [4.78, 5) is 17.7. The van der Waals surface area contributed by atoms with Gasteiger partial charge >= 0.3 is 0 Å². The normalized spacial score (nSPS) is 15.2. The van der Waals surface area contributed by atoms with Crippen LogP contribution in [0.15, 0.2) is 89.8 Å². The summed E-state index contributed by atoms with van der Waals surface area (Å²) in [5.41, 5.74) is 1.88. The van der Waals surface area contributed by atoms with E-state index in [1.807, 2.05) is 35.2 Å². The number of piperazine rings is 1. The van der Waals surface area contributed by atoms with Crippen molar-refractivity contribution in [2.45, 2.75) is 17.4 Å². The van der Waals surface area contributed by atoms with Crippen LogP contribution in [0.3, 0.4) is 0 Å². The maximum Gasteiger partial charge on any atom is 0.243 e. The molecular formula is C27H31N3O4S. The number of nitrogens with zero attached hydrogens (tertiary/aromatic N) is 3. The lowest BCUT2D eigenvalue weighted by Gasteiger charge is -2.37. The Morgan fingerprint density at radius 2 is 1.46 bits per heavy atom. The summed E-state index contributed by atoms with van der Waals surface area (Å²) in [6.45, 7) is 2.67. The molecule has 0 unspecified atom stereocenters. The van der Waals surface area contributed by atoms with Gasteiger partial charge in [-0.3, -0.25) is 4.79 Å². The highest BCUT2D eigenvalue weighted by molar-refractivity contribution is 7.89. The van der Waals surface area contributed by atoms with Gasteiger partial charge in [-0.25, -0.2) is 8.42 Å². The Morgan fingerprint density at radius 1 is 0.886 bits per heavy atom. The minimum atomic E-state index is -3.80. The molecule has 184 valence electrons. The first-order valence-corrected chi connectivity index (χ1v) is 13.1. The van der Waals surface area contributed by atoms with E-state index in [0.29, 0.717) is 18.8 Å². The number of ether oxygens (including phenoxy) is 1. The van der Waals surface area contributed by atoms with E-state index in [2.05, 4.69) is 17.0 Å². The van der Waals surface area contributed by atoms with Crippen LogP contribution in [0.5, 0.6) is 5.75 Å². The predicted octanol–water partition coefficient (Wildman–Crippen LogP) is 3.80. The third kappa shape index (κ3) is 5.66. The summed E-state index contributed by atoms with van der Waals surface area (Å²) in [7, 11) is -0.680. The lowest BCUT2D eigenvalue weighted by atomic mass is 10.0. The van der Waals surface area contributed by atoms with Gasteiger partial charge in [-0.05, 0) is 42.0 Å². The van der Waals surface area contributed by atoms with E-state index in [0.717, 1.165) is 24.3 Å². The topological polar surface area (TPSA) is 70.2 Å². The number of sulfonamides is 1. The maximum absolute atomic E-state index is 13.4. The van der Waals surface area contributed by atoms with E-state index < -0.39 is 16.1 Å². The molecule has 7 nitrogen and oxygen atoms in total. The molecule has 0 bridgehead atoms. The average Bonchev–Trinajstić information content (AvgIpc) is 2.92. The number of carbonyl (C=O) groups excluding carboxylic acids is 1. The van der Waals surface area contributed by atoms with Gasteiger partial charge in [-0.1, -0.05) is 48.5 Å². The van der Waals surface area contributed by atoms with Gasteiger partial charge in [-0.15, -0.1) is 0 Å². The van der Waals surface area contributed by atoms with Crippen molar-refractivity contribution in [1.82, 2.24) is 9.21 Å². The number of methoxy groups -OCH3 is 1. The average molecular weight is 494 g/mol. The molecule has 0 N–H and O–H groups in total. The van der Waals surface area contributed by atoms with Gasteiger partial charge in [0.25, 0.3) is 0 Å².